The van der Waals surface area contributed by atoms with E-state index < -0.39 is 0 Å². The number of halogens is 2. The molecule has 0 fully saturated rings. The Bertz CT molecular complexity index is 1570. The Morgan fingerprint density at radius 3 is 1.50 bits per heavy atom. The van der Waals surface area contributed by atoms with Crippen LogP contribution in [0.25, 0.3) is 21.5 Å². The number of fused-ring (bicyclic) bond motifs is 3. The Labute approximate surface area is 293 Å². The maximum absolute atomic E-state index is 3.29. The van der Waals surface area contributed by atoms with E-state index in [4.69, 9.17) is 0 Å². The van der Waals surface area contributed by atoms with Crippen LogP contribution in [0.2, 0.25) is 0 Å². The molecule has 3 heteroatoms. The molecule has 0 atom stereocenters. The summed E-state index contributed by atoms with van der Waals surface area (Å²) < 4.78 is 1.42. The molecule has 0 saturated heterocycles. The van der Waals surface area contributed by atoms with Crippen molar-refractivity contribution < 1.29 is 49.0 Å². The molecule has 0 bridgehead atoms. The molecular formula is C41H44Cl2Zr-2. The number of benzene rings is 4. The third-order valence-corrected chi connectivity index (χ3v) is 9.43. The second kappa shape index (κ2) is 18.5. The zero-order chi connectivity index (χ0) is 30.1. The predicted molar refractivity (Wildman–Crippen MR) is 181 cm³/mol. The van der Waals surface area contributed by atoms with Gasteiger partial charge in [0.25, 0.3) is 0 Å². The van der Waals surface area contributed by atoms with Crippen LogP contribution in [-0.2, 0) is 37.1 Å². The summed E-state index contributed by atoms with van der Waals surface area (Å²) in [6.07, 6.45) is 8.73. The van der Waals surface area contributed by atoms with E-state index in [1.54, 1.807) is 5.57 Å². The van der Waals surface area contributed by atoms with E-state index in [-0.39, 0.29) is 24.8 Å². The first-order valence-corrected chi connectivity index (χ1v) is 16.6. The number of rotatable bonds is 6. The van der Waals surface area contributed by atoms with Crippen LogP contribution in [0.4, 0.5) is 0 Å². The Balaban J connectivity index is 0.000000231. The molecule has 0 heterocycles. The fourth-order valence-corrected chi connectivity index (χ4v) is 6.30. The van der Waals surface area contributed by atoms with Crippen molar-refractivity contribution >= 4 is 24.8 Å². The minimum absolute atomic E-state index is 0. The van der Waals surface area contributed by atoms with Gasteiger partial charge in [0.1, 0.15) is 0 Å². The van der Waals surface area contributed by atoms with Gasteiger partial charge in [0.15, 0.2) is 0 Å². The van der Waals surface area contributed by atoms with Crippen LogP contribution >= 0.6 is 0 Å². The zero-order valence-corrected chi connectivity index (χ0v) is 30.9. The van der Waals surface area contributed by atoms with Gasteiger partial charge in [-0.1, -0.05) is 82.9 Å². The molecule has 0 spiro atoms. The fraction of sp³-hybridized carbons (Fsp3) is 0.268. The summed E-state index contributed by atoms with van der Waals surface area (Å²) in [4.78, 5) is 0. The van der Waals surface area contributed by atoms with Gasteiger partial charge in [-0.05, 0) is 18.8 Å². The van der Waals surface area contributed by atoms with E-state index in [0.717, 1.165) is 19.3 Å². The average Bonchev–Trinajstić information content (AvgIpc) is 3.67. The first-order valence-electron chi connectivity index (χ1n) is 15.4. The van der Waals surface area contributed by atoms with Gasteiger partial charge < -0.3 is 24.8 Å². The predicted octanol–water partition coefficient (Wildman–Crippen LogP) is 5.00. The summed E-state index contributed by atoms with van der Waals surface area (Å²) in [5, 5.41) is 5.54. The fourth-order valence-electron chi connectivity index (χ4n) is 5.48. The van der Waals surface area contributed by atoms with Crippen LogP contribution in [0.3, 0.4) is 0 Å². The van der Waals surface area contributed by atoms with Crippen molar-refractivity contribution in [3.05, 3.63) is 149 Å². The van der Waals surface area contributed by atoms with Gasteiger partial charge in [0.2, 0.25) is 0 Å². The van der Waals surface area contributed by atoms with Crippen LogP contribution in [0.1, 0.15) is 70.2 Å². The summed E-state index contributed by atoms with van der Waals surface area (Å²) in [5.41, 5.74) is 8.60. The van der Waals surface area contributed by atoms with Gasteiger partial charge in [0.05, 0.1) is 0 Å². The van der Waals surface area contributed by atoms with Gasteiger partial charge >= 0.3 is 99.2 Å². The van der Waals surface area contributed by atoms with E-state index in [1.165, 1.54) is 76.8 Å². The topological polar surface area (TPSA) is 0 Å². The van der Waals surface area contributed by atoms with Crippen LogP contribution in [0, 0.1) is 17.9 Å². The van der Waals surface area contributed by atoms with E-state index in [2.05, 4.69) is 157 Å². The molecule has 44 heavy (non-hydrogen) atoms. The molecule has 0 amide bonds. The zero-order valence-electron chi connectivity index (χ0n) is 26.9. The van der Waals surface area contributed by atoms with Crippen LogP contribution in [-0.4, -0.2) is 3.21 Å². The number of aryl methyl sites for hydroxylation is 2. The molecule has 1 aliphatic rings. The van der Waals surface area contributed by atoms with Crippen LogP contribution in [0.15, 0.2) is 120 Å². The molecule has 228 valence electrons. The standard InChI is InChI=1S/C17H17.C13H10.C11H17.2ClH.Zr/c1-3-12-5-7-16-14(9-12)11-15-10-13(4-2)6-8-17(15)16;1-3-7-12(8-4-1)11-13-9-5-2-6-10-13;1-8(2)10-6-5-7-11(10)9(3)4;;;/h5-11H,3-4H2,1-2H3;1-10H;6,8-9H,7H2,1-4H3;2*1H;/q-1;;-1;;;+2/p-2. The van der Waals surface area contributed by atoms with E-state index in [1.807, 2.05) is 0 Å². The number of allylic oxidation sites excluding steroid dienone is 4. The van der Waals surface area contributed by atoms with Crippen molar-refractivity contribution in [1.29, 1.82) is 0 Å². The maximum atomic E-state index is 3.29. The van der Waals surface area contributed by atoms with E-state index in [9.17, 15) is 0 Å². The molecular weight excluding hydrogens is 655 g/mol. The first-order chi connectivity index (χ1) is 20.3. The normalized spacial score (nSPS) is 12.0. The molecule has 0 aromatic heterocycles. The van der Waals surface area contributed by atoms with Crippen molar-refractivity contribution in [2.45, 2.75) is 60.8 Å². The van der Waals surface area contributed by atoms with Crippen molar-refractivity contribution in [3.63, 3.8) is 0 Å². The Hall–Kier alpha value is -2.44. The molecule has 0 aliphatic heterocycles. The summed E-state index contributed by atoms with van der Waals surface area (Å²) in [7, 11) is 0. The summed E-state index contributed by atoms with van der Waals surface area (Å²) >= 11 is 1.46. The van der Waals surface area contributed by atoms with Crippen molar-refractivity contribution in [3.8, 4) is 0 Å². The Kier molecular flexibility index (Phi) is 15.9. The van der Waals surface area contributed by atoms with Gasteiger partial charge in [-0.15, -0.1) is 46.2 Å². The Morgan fingerprint density at radius 2 is 1.14 bits per heavy atom. The van der Waals surface area contributed by atoms with Crippen LogP contribution < -0.4 is 24.8 Å². The molecule has 0 radical (unpaired) electrons. The molecule has 0 nitrogen and oxygen atoms in total. The summed E-state index contributed by atoms with van der Waals surface area (Å²) in [6, 6.07) is 37.1. The van der Waals surface area contributed by atoms with E-state index >= 15 is 0 Å². The molecule has 0 unspecified atom stereocenters. The molecule has 0 N–H and O–H groups in total. The van der Waals surface area contributed by atoms with Gasteiger partial charge in [-0.2, -0.15) is 11.1 Å². The van der Waals surface area contributed by atoms with E-state index in [0.29, 0.717) is 11.8 Å². The van der Waals surface area contributed by atoms with Gasteiger partial charge in [-0.3, -0.25) is 6.08 Å². The molecule has 5 aromatic rings. The second-order valence-electron chi connectivity index (χ2n) is 11.6. The molecule has 6 rings (SSSR count). The third-order valence-electron chi connectivity index (χ3n) is 8.01. The quantitative estimate of drug-likeness (QED) is 0.219. The van der Waals surface area contributed by atoms with Crippen molar-refractivity contribution in [2.24, 2.45) is 11.8 Å². The van der Waals surface area contributed by atoms with Crippen molar-refractivity contribution in [1.82, 2.24) is 0 Å². The minimum atomic E-state index is 0. The van der Waals surface area contributed by atoms with Gasteiger partial charge in [-0.25, -0.2) is 6.08 Å². The second-order valence-corrected chi connectivity index (χ2v) is 12.8. The number of hydrogen-bond donors (Lipinski definition) is 0. The van der Waals surface area contributed by atoms with Crippen LogP contribution in [0.5, 0.6) is 0 Å². The molecule has 0 saturated carbocycles. The average molecular weight is 699 g/mol. The third kappa shape index (κ3) is 9.78. The van der Waals surface area contributed by atoms with Gasteiger partial charge in [0, 0.05) is 0 Å². The number of hydrogen-bond acceptors (Lipinski definition) is 0. The first kappa shape index (κ1) is 37.7. The summed E-state index contributed by atoms with van der Waals surface area (Å²) in [6.45, 7) is 13.4. The molecule has 1 aliphatic carbocycles. The summed E-state index contributed by atoms with van der Waals surface area (Å²) in [5.74, 6) is 1.36. The molecule has 5 aromatic carbocycles. The SMILES string of the molecule is CC(C)C1=C(C(C)C)C[C-]=C1.CCc1ccc2c(c1)[cH-]c1cc(CC)ccc12.[Cl-].[Cl-].[Zr+2]=[C](c1ccccc1)c1ccccc1. The van der Waals surface area contributed by atoms with Crippen molar-refractivity contribution in [2.75, 3.05) is 0 Å². The Morgan fingerprint density at radius 1 is 0.682 bits per heavy atom. The monoisotopic (exact) mass is 696 g/mol.